The summed E-state index contributed by atoms with van der Waals surface area (Å²) < 4.78 is 19.6. The van der Waals surface area contributed by atoms with Gasteiger partial charge in [-0.15, -0.1) is 0 Å². The number of rotatable bonds is 3. The second-order valence-electron chi connectivity index (χ2n) is 6.80. The van der Waals surface area contributed by atoms with Gasteiger partial charge in [0.05, 0.1) is 16.7 Å². The fraction of sp³-hybridized carbons (Fsp3) is 0.200. The van der Waals surface area contributed by atoms with Crippen LogP contribution in [0.25, 0.3) is 11.0 Å². The van der Waals surface area contributed by atoms with Gasteiger partial charge in [-0.25, -0.2) is 14.2 Å². The van der Waals surface area contributed by atoms with Gasteiger partial charge in [0.25, 0.3) is 0 Å². The Morgan fingerprint density at radius 3 is 2.93 bits per heavy atom. The number of H-pyrrole nitrogens is 1. The Labute approximate surface area is 158 Å². The van der Waals surface area contributed by atoms with E-state index in [1.54, 1.807) is 24.3 Å². The topological polar surface area (TPSA) is 96.4 Å². The number of fused-ring (bicyclic) bond motifs is 2. The lowest BCUT2D eigenvalue weighted by atomic mass is 9.92. The average molecular weight is 378 g/mol. The highest BCUT2D eigenvalue weighted by atomic mass is 19.1. The zero-order valence-corrected chi connectivity index (χ0v) is 14.7. The summed E-state index contributed by atoms with van der Waals surface area (Å²) in [5.41, 5.74) is 2.90. The zero-order chi connectivity index (χ0) is 19.3. The van der Waals surface area contributed by atoms with Crippen LogP contribution in [0.15, 0.2) is 41.4 Å². The third-order valence-corrected chi connectivity index (χ3v) is 4.71. The van der Waals surface area contributed by atoms with Crippen LogP contribution in [-0.2, 0) is 4.74 Å². The summed E-state index contributed by atoms with van der Waals surface area (Å²) in [7, 11) is 0. The fourth-order valence-corrected chi connectivity index (χ4v) is 3.23. The lowest BCUT2D eigenvalue weighted by molar-refractivity contribution is 0.0999. The molecule has 1 aliphatic carbocycles. The Morgan fingerprint density at radius 2 is 2.11 bits per heavy atom. The van der Waals surface area contributed by atoms with Gasteiger partial charge in [0.2, 0.25) is 5.95 Å². The van der Waals surface area contributed by atoms with Crippen LogP contribution in [0.2, 0.25) is 0 Å². The Kier molecular flexibility index (Phi) is 3.71. The Hall–Kier alpha value is -3.55. The standard InChI is InChI=1S/C20H15FN4O3/c21-13-3-1-2-12-16(26)9-22-18(17(12)13)10-4-7-14-15(8-10)24-19(23-14)25-20(27)28-11-5-6-11/h1-4,7-8,11H,5-6,9H2,(H2,23,24,25,27). The molecule has 1 saturated carbocycles. The van der Waals surface area contributed by atoms with Crippen LogP contribution in [0.5, 0.6) is 0 Å². The number of hydrogen-bond acceptors (Lipinski definition) is 5. The van der Waals surface area contributed by atoms with Gasteiger partial charge in [-0.05, 0) is 31.0 Å². The molecule has 1 aliphatic heterocycles. The lowest BCUT2D eigenvalue weighted by Gasteiger charge is -2.17. The largest absolute Gasteiger partial charge is 0.446 e. The number of ether oxygens (including phenoxy) is 1. The molecule has 5 rings (SSSR count). The highest BCUT2D eigenvalue weighted by Crippen LogP contribution is 2.26. The van der Waals surface area contributed by atoms with Gasteiger partial charge in [-0.1, -0.05) is 18.2 Å². The molecule has 1 amide bonds. The third-order valence-electron chi connectivity index (χ3n) is 4.71. The monoisotopic (exact) mass is 378 g/mol. The van der Waals surface area contributed by atoms with Crippen LogP contribution in [0, 0.1) is 5.82 Å². The number of ketones is 1. The molecule has 0 radical (unpaired) electrons. The van der Waals surface area contributed by atoms with Crippen LogP contribution in [0.1, 0.15) is 34.3 Å². The number of carbonyl (C=O) groups is 2. The molecule has 7 nitrogen and oxygen atoms in total. The number of hydrogen-bond donors (Lipinski definition) is 2. The van der Waals surface area contributed by atoms with E-state index in [1.165, 1.54) is 12.1 Å². The second kappa shape index (κ2) is 6.26. The molecular weight excluding hydrogens is 363 g/mol. The molecule has 2 aromatic carbocycles. The van der Waals surface area contributed by atoms with Gasteiger partial charge in [-0.2, -0.15) is 0 Å². The number of carbonyl (C=O) groups excluding carboxylic acids is 2. The summed E-state index contributed by atoms with van der Waals surface area (Å²) in [6.45, 7) is -0.0212. The van der Waals surface area contributed by atoms with Crippen molar-refractivity contribution in [3.63, 3.8) is 0 Å². The SMILES string of the molecule is O=C(Nc1nc2ccc(C3=NCC(=O)c4cccc(F)c43)cc2[nH]1)OC1CC1. The molecule has 8 heteroatoms. The normalized spacial score (nSPS) is 15.9. The van der Waals surface area contributed by atoms with E-state index in [1.807, 2.05) is 0 Å². The van der Waals surface area contributed by atoms with Gasteiger partial charge in [-0.3, -0.25) is 15.1 Å². The predicted octanol–water partition coefficient (Wildman–Crippen LogP) is 3.45. The predicted molar refractivity (Wildman–Crippen MR) is 100 cm³/mol. The fourth-order valence-electron chi connectivity index (χ4n) is 3.23. The zero-order valence-electron chi connectivity index (χ0n) is 14.7. The lowest BCUT2D eigenvalue weighted by Crippen LogP contribution is -2.21. The number of aromatic amines is 1. The van der Waals surface area contributed by atoms with Crippen LogP contribution < -0.4 is 5.32 Å². The van der Waals surface area contributed by atoms with Gasteiger partial charge in [0, 0.05) is 16.7 Å². The first kappa shape index (κ1) is 16.6. The number of benzene rings is 2. The maximum Gasteiger partial charge on any atom is 0.414 e. The van der Waals surface area contributed by atoms with Crippen molar-refractivity contribution in [2.75, 3.05) is 11.9 Å². The minimum absolute atomic E-state index is 0.00188. The van der Waals surface area contributed by atoms with Crippen molar-refractivity contribution in [2.24, 2.45) is 4.99 Å². The Balaban J connectivity index is 1.49. The van der Waals surface area contributed by atoms with E-state index < -0.39 is 11.9 Å². The molecule has 2 heterocycles. The van der Waals surface area contributed by atoms with Crippen molar-refractivity contribution < 1.29 is 18.7 Å². The third kappa shape index (κ3) is 2.92. The number of Topliss-reactive ketones (excluding diaryl/α,β-unsaturated/α-hetero) is 1. The smallest absolute Gasteiger partial charge is 0.414 e. The highest BCUT2D eigenvalue weighted by molar-refractivity contribution is 6.22. The molecular formula is C20H15FN4O3. The molecule has 140 valence electrons. The summed E-state index contributed by atoms with van der Waals surface area (Å²) in [6, 6.07) is 9.72. The summed E-state index contributed by atoms with van der Waals surface area (Å²) in [6.07, 6.45) is 1.23. The van der Waals surface area contributed by atoms with Crippen LogP contribution in [-0.4, -0.2) is 40.2 Å². The first-order valence-corrected chi connectivity index (χ1v) is 8.93. The van der Waals surface area contributed by atoms with Crippen LogP contribution >= 0.6 is 0 Å². The number of halogens is 1. The van der Waals surface area contributed by atoms with Crippen LogP contribution in [0.4, 0.5) is 15.1 Å². The van der Waals surface area contributed by atoms with Gasteiger partial charge in [0.1, 0.15) is 18.5 Å². The number of amides is 1. The van der Waals surface area contributed by atoms with Gasteiger partial charge < -0.3 is 9.72 Å². The van der Waals surface area contributed by atoms with Crippen molar-refractivity contribution in [1.82, 2.24) is 9.97 Å². The van der Waals surface area contributed by atoms with E-state index in [4.69, 9.17) is 4.74 Å². The molecule has 0 spiro atoms. The summed E-state index contributed by atoms with van der Waals surface area (Å²) in [5, 5.41) is 2.57. The van der Waals surface area contributed by atoms with Crippen molar-refractivity contribution >= 4 is 34.6 Å². The van der Waals surface area contributed by atoms with Crippen molar-refractivity contribution in [2.45, 2.75) is 18.9 Å². The average Bonchev–Trinajstić information content (AvgIpc) is 3.39. The van der Waals surface area contributed by atoms with Crippen LogP contribution in [0.3, 0.4) is 0 Å². The van der Waals surface area contributed by atoms with E-state index in [-0.39, 0.29) is 29.9 Å². The maximum atomic E-state index is 14.4. The highest BCUT2D eigenvalue weighted by Gasteiger charge is 2.27. The van der Waals surface area contributed by atoms with E-state index >= 15 is 0 Å². The van der Waals surface area contributed by atoms with Crippen molar-refractivity contribution in [1.29, 1.82) is 0 Å². The van der Waals surface area contributed by atoms with E-state index in [2.05, 4.69) is 20.3 Å². The summed E-state index contributed by atoms with van der Waals surface area (Å²) >= 11 is 0. The van der Waals surface area contributed by atoms with Gasteiger partial charge >= 0.3 is 6.09 Å². The van der Waals surface area contributed by atoms with E-state index in [0.29, 0.717) is 27.9 Å². The Bertz CT molecular complexity index is 1160. The summed E-state index contributed by atoms with van der Waals surface area (Å²) in [5.74, 6) is -0.425. The number of nitrogens with one attached hydrogen (secondary N) is 2. The number of aromatic nitrogens is 2. The second-order valence-corrected chi connectivity index (χ2v) is 6.80. The summed E-state index contributed by atoms with van der Waals surface area (Å²) in [4.78, 5) is 35.4. The number of aliphatic imine (C=N–C) groups is 1. The Morgan fingerprint density at radius 1 is 1.25 bits per heavy atom. The molecule has 0 unspecified atom stereocenters. The molecule has 2 N–H and O–H groups in total. The molecule has 28 heavy (non-hydrogen) atoms. The minimum atomic E-state index is -0.548. The molecule has 1 fully saturated rings. The number of imidazole rings is 1. The molecule has 3 aromatic rings. The van der Waals surface area contributed by atoms with Crippen molar-refractivity contribution in [3.8, 4) is 0 Å². The molecule has 0 atom stereocenters. The maximum absolute atomic E-state index is 14.4. The van der Waals surface area contributed by atoms with Gasteiger partial charge in [0.15, 0.2) is 5.78 Å². The molecule has 0 saturated heterocycles. The number of anilines is 1. The molecule has 1 aromatic heterocycles. The first-order chi connectivity index (χ1) is 13.6. The molecule has 0 bridgehead atoms. The minimum Gasteiger partial charge on any atom is -0.446 e. The van der Waals surface area contributed by atoms with E-state index in [9.17, 15) is 14.0 Å². The quantitative estimate of drug-likeness (QED) is 0.730. The van der Waals surface area contributed by atoms with Crippen molar-refractivity contribution in [3.05, 3.63) is 58.9 Å². The number of nitrogens with zero attached hydrogens (tertiary/aromatic N) is 2. The first-order valence-electron chi connectivity index (χ1n) is 8.93. The van der Waals surface area contributed by atoms with E-state index in [0.717, 1.165) is 12.8 Å². The molecule has 2 aliphatic rings.